The molecule has 0 saturated carbocycles. The van der Waals surface area contributed by atoms with Crippen LogP contribution in [0.5, 0.6) is 0 Å². The number of rotatable bonds is 1. The Morgan fingerprint density at radius 1 is 1.46 bits per heavy atom. The quantitative estimate of drug-likeness (QED) is 0.658. The SMILES string of the molecule is CCc1c(F)cc2c(c1N)CCC2. The second-order valence-electron chi connectivity index (χ2n) is 3.60. The van der Waals surface area contributed by atoms with E-state index >= 15 is 0 Å². The summed E-state index contributed by atoms with van der Waals surface area (Å²) in [5.41, 5.74) is 9.62. The standard InChI is InChI=1S/C11H14FN/c1-2-8-10(12)6-7-4-3-5-9(7)11(8)13/h6H,2-5,13H2,1H3. The van der Waals surface area contributed by atoms with Crippen LogP contribution in [-0.2, 0) is 19.3 Å². The molecule has 1 aromatic rings. The average molecular weight is 179 g/mol. The zero-order valence-corrected chi connectivity index (χ0v) is 7.86. The summed E-state index contributed by atoms with van der Waals surface area (Å²) < 4.78 is 13.4. The molecule has 0 saturated heterocycles. The van der Waals surface area contributed by atoms with E-state index in [1.54, 1.807) is 6.07 Å². The van der Waals surface area contributed by atoms with E-state index in [1.807, 2.05) is 6.92 Å². The number of nitrogens with two attached hydrogens (primary N) is 1. The van der Waals surface area contributed by atoms with Crippen molar-refractivity contribution in [2.45, 2.75) is 32.6 Å². The number of aryl methyl sites for hydroxylation is 1. The van der Waals surface area contributed by atoms with E-state index in [9.17, 15) is 4.39 Å². The van der Waals surface area contributed by atoms with Crippen molar-refractivity contribution in [3.8, 4) is 0 Å². The number of nitrogen functional groups attached to an aromatic ring is 1. The third kappa shape index (κ3) is 1.21. The van der Waals surface area contributed by atoms with Gasteiger partial charge in [-0.25, -0.2) is 4.39 Å². The molecule has 0 spiro atoms. The molecule has 2 rings (SSSR count). The van der Waals surface area contributed by atoms with E-state index in [2.05, 4.69) is 0 Å². The Labute approximate surface area is 77.8 Å². The predicted octanol–water partition coefficient (Wildman–Crippen LogP) is 2.46. The summed E-state index contributed by atoms with van der Waals surface area (Å²) in [5, 5.41) is 0. The Kier molecular flexibility index (Phi) is 1.98. The van der Waals surface area contributed by atoms with Crippen LogP contribution >= 0.6 is 0 Å². The fourth-order valence-electron chi connectivity index (χ4n) is 2.14. The summed E-state index contributed by atoms with van der Waals surface area (Å²) >= 11 is 0. The Bertz CT molecular complexity index is 341. The third-order valence-corrected chi connectivity index (χ3v) is 2.85. The smallest absolute Gasteiger partial charge is 0.128 e. The highest BCUT2D eigenvalue weighted by atomic mass is 19.1. The topological polar surface area (TPSA) is 26.0 Å². The second kappa shape index (κ2) is 3.02. The molecule has 0 unspecified atom stereocenters. The molecule has 0 bridgehead atoms. The molecule has 0 aliphatic heterocycles. The van der Waals surface area contributed by atoms with Crippen molar-refractivity contribution in [3.63, 3.8) is 0 Å². The highest BCUT2D eigenvalue weighted by molar-refractivity contribution is 5.59. The van der Waals surface area contributed by atoms with Gasteiger partial charge in [0, 0.05) is 11.3 Å². The lowest BCUT2D eigenvalue weighted by molar-refractivity contribution is 0.611. The van der Waals surface area contributed by atoms with E-state index in [0.717, 1.165) is 24.8 Å². The number of anilines is 1. The molecule has 0 radical (unpaired) electrons. The highest BCUT2D eigenvalue weighted by Gasteiger charge is 2.18. The van der Waals surface area contributed by atoms with Crippen LogP contribution < -0.4 is 5.73 Å². The molecule has 0 amide bonds. The summed E-state index contributed by atoms with van der Waals surface area (Å²) in [7, 11) is 0. The van der Waals surface area contributed by atoms with Crippen LogP contribution in [0.1, 0.15) is 30.0 Å². The third-order valence-electron chi connectivity index (χ3n) is 2.85. The lowest BCUT2D eigenvalue weighted by Gasteiger charge is -2.10. The summed E-state index contributed by atoms with van der Waals surface area (Å²) in [4.78, 5) is 0. The van der Waals surface area contributed by atoms with Gasteiger partial charge in [-0.15, -0.1) is 0 Å². The van der Waals surface area contributed by atoms with Crippen LogP contribution in [0.25, 0.3) is 0 Å². The molecule has 2 N–H and O–H groups in total. The molecule has 0 fully saturated rings. The molecule has 0 aromatic heterocycles. The fourth-order valence-corrected chi connectivity index (χ4v) is 2.14. The van der Waals surface area contributed by atoms with E-state index in [0.29, 0.717) is 17.7 Å². The van der Waals surface area contributed by atoms with Gasteiger partial charge in [0.15, 0.2) is 0 Å². The molecule has 2 heteroatoms. The zero-order chi connectivity index (χ0) is 9.42. The van der Waals surface area contributed by atoms with Crippen molar-refractivity contribution < 1.29 is 4.39 Å². The molecule has 1 aliphatic carbocycles. The van der Waals surface area contributed by atoms with Crippen molar-refractivity contribution >= 4 is 5.69 Å². The van der Waals surface area contributed by atoms with E-state index < -0.39 is 0 Å². The van der Waals surface area contributed by atoms with Gasteiger partial charge in [-0.3, -0.25) is 0 Å². The van der Waals surface area contributed by atoms with Gasteiger partial charge in [0.05, 0.1) is 0 Å². The monoisotopic (exact) mass is 179 g/mol. The number of hydrogen-bond donors (Lipinski definition) is 1. The minimum Gasteiger partial charge on any atom is -0.398 e. The largest absolute Gasteiger partial charge is 0.398 e. The highest BCUT2D eigenvalue weighted by Crippen LogP contribution is 2.31. The summed E-state index contributed by atoms with van der Waals surface area (Å²) in [5.74, 6) is -0.124. The molecule has 1 nitrogen and oxygen atoms in total. The molecular weight excluding hydrogens is 165 g/mol. The van der Waals surface area contributed by atoms with Crippen LogP contribution in [0.15, 0.2) is 6.07 Å². The first-order valence-electron chi connectivity index (χ1n) is 4.82. The zero-order valence-electron chi connectivity index (χ0n) is 7.86. The molecule has 1 aromatic carbocycles. The molecule has 1 aliphatic rings. The summed E-state index contributed by atoms with van der Waals surface area (Å²) in [6, 6.07) is 1.66. The normalized spacial score (nSPS) is 14.6. The van der Waals surface area contributed by atoms with Crippen LogP contribution in [0.3, 0.4) is 0 Å². The van der Waals surface area contributed by atoms with Crippen molar-refractivity contribution in [3.05, 3.63) is 28.6 Å². The first-order valence-corrected chi connectivity index (χ1v) is 4.82. The molecule has 13 heavy (non-hydrogen) atoms. The maximum Gasteiger partial charge on any atom is 0.128 e. The lowest BCUT2D eigenvalue weighted by Crippen LogP contribution is -2.02. The van der Waals surface area contributed by atoms with Gasteiger partial charge in [0.2, 0.25) is 0 Å². The Balaban J connectivity index is 2.62. The van der Waals surface area contributed by atoms with Crippen molar-refractivity contribution in [1.82, 2.24) is 0 Å². The van der Waals surface area contributed by atoms with Gasteiger partial charge >= 0.3 is 0 Å². The minimum absolute atomic E-state index is 0.124. The fraction of sp³-hybridized carbons (Fsp3) is 0.455. The van der Waals surface area contributed by atoms with Gasteiger partial charge in [-0.2, -0.15) is 0 Å². The van der Waals surface area contributed by atoms with Gasteiger partial charge in [-0.1, -0.05) is 6.92 Å². The Morgan fingerprint density at radius 2 is 2.23 bits per heavy atom. The maximum absolute atomic E-state index is 13.4. The Morgan fingerprint density at radius 3 is 2.92 bits per heavy atom. The van der Waals surface area contributed by atoms with Gasteiger partial charge in [-0.05, 0) is 42.9 Å². The van der Waals surface area contributed by atoms with Crippen molar-refractivity contribution in [1.29, 1.82) is 0 Å². The lowest BCUT2D eigenvalue weighted by atomic mass is 10.0. The van der Waals surface area contributed by atoms with Gasteiger partial charge in [0.25, 0.3) is 0 Å². The Hall–Kier alpha value is -1.05. The van der Waals surface area contributed by atoms with E-state index in [1.165, 1.54) is 5.56 Å². The molecule has 70 valence electrons. The van der Waals surface area contributed by atoms with Crippen molar-refractivity contribution in [2.24, 2.45) is 0 Å². The number of benzene rings is 1. The molecular formula is C11H14FN. The van der Waals surface area contributed by atoms with Crippen LogP contribution in [-0.4, -0.2) is 0 Å². The van der Waals surface area contributed by atoms with E-state index in [4.69, 9.17) is 5.73 Å². The molecule has 0 heterocycles. The van der Waals surface area contributed by atoms with E-state index in [-0.39, 0.29) is 5.82 Å². The first kappa shape index (κ1) is 8.54. The van der Waals surface area contributed by atoms with Crippen molar-refractivity contribution in [2.75, 3.05) is 5.73 Å². The predicted molar refractivity (Wildman–Crippen MR) is 52.2 cm³/mol. The summed E-state index contributed by atoms with van der Waals surface area (Å²) in [6.07, 6.45) is 3.81. The maximum atomic E-state index is 13.4. The minimum atomic E-state index is -0.124. The van der Waals surface area contributed by atoms with Crippen LogP contribution in [0.2, 0.25) is 0 Å². The van der Waals surface area contributed by atoms with Crippen LogP contribution in [0.4, 0.5) is 10.1 Å². The van der Waals surface area contributed by atoms with Gasteiger partial charge < -0.3 is 5.73 Å². The second-order valence-corrected chi connectivity index (χ2v) is 3.60. The van der Waals surface area contributed by atoms with Gasteiger partial charge in [0.1, 0.15) is 5.82 Å². The number of fused-ring (bicyclic) bond motifs is 1. The van der Waals surface area contributed by atoms with Crippen LogP contribution in [0, 0.1) is 5.82 Å². The average Bonchev–Trinajstić information content (AvgIpc) is 2.53. The number of halogens is 1. The number of hydrogen-bond acceptors (Lipinski definition) is 1. The first-order chi connectivity index (χ1) is 6.24. The summed E-state index contributed by atoms with van der Waals surface area (Å²) in [6.45, 7) is 1.94. The molecule has 0 atom stereocenters.